The van der Waals surface area contributed by atoms with Crippen LogP contribution >= 0.6 is 11.3 Å². The normalized spacial score (nSPS) is 10.7. The minimum atomic E-state index is -0.326. The van der Waals surface area contributed by atoms with Gasteiger partial charge in [0, 0.05) is 16.0 Å². The number of aryl methyl sites for hydroxylation is 1. The lowest BCUT2D eigenvalue weighted by Gasteiger charge is -2.06. The second kappa shape index (κ2) is 5.58. The maximum atomic E-state index is 12.1. The molecular formula is C17H15NO2S. The van der Waals surface area contributed by atoms with Gasteiger partial charge < -0.3 is 10.5 Å². The summed E-state index contributed by atoms with van der Waals surface area (Å²) in [7, 11) is 0. The summed E-state index contributed by atoms with van der Waals surface area (Å²) in [6.07, 6.45) is 0. The Morgan fingerprint density at radius 2 is 2.05 bits per heavy atom. The van der Waals surface area contributed by atoms with Gasteiger partial charge in [0.25, 0.3) is 0 Å². The lowest BCUT2D eigenvalue weighted by Crippen LogP contribution is -2.06. The fourth-order valence-corrected chi connectivity index (χ4v) is 3.12. The van der Waals surface area contributed by atoms with Crippen LogP contribution in [-0.4, -0.2) is 5.97 Å². The van der Waals surface area contributed by atoms with Crippen molar-refractivity contribution in [2.75, 3.05) is 5.73 Å². The van der Waals surface area contributed by atoms with Gasteiger partial charge in [-0.05, 0) is 47.5 Å². The predicted octanol–water partition coefficient (Wildman–Crippen LogP) is 4.15. The van der Waals surface area contributed by atoms with E-state index in [4.69, 9.17) is 10.5 Å². The SMILES string of the molecule is Cc1cc(C(=O)OCc2csc3ccccc23)ccc1N. The maximum Gasteiger partial charge on any atom is 0.338 e. The Hall–Kier alpha value is -2.33. The molecule has 21 heavy (non-hydrogen) atoms. The third kappa shape index (κ3) is 2.76. The lowest BCUT2D eigenvalue weighted by molar-refractivity contribution is 0.0474. The van der Waals surface area contributed by atoms with Gasteiger partial charge >= 0.3 is 5.97 Å². The number of fused-ring (bicyclic) bond motifs is 1. The molecule has 0 aliphatic heterocycles. The molecular weight excluding hydrogens is 282 g/mol. The largest absolute Gasteiger partial charge is 0.457 e. The summed E-state index contributed by atoms with van der Waals surface area (Å²) >= 11 is 1.66. The number of nitrogen functional groups attached to an aromatic ring is 1. The van der Waals surface area contributed by atoms with Gasteiger partial charge in [-0.25, -0.2) is 4.79 Å². The van der Waals surface area contributed by atoms with E-state index in [0.29, 0.717) is 11.3 Å². The molecule has 0 aliphatic rings. The zero-order chi connectivity index (χ0) is 14.8. The predicted molar refractivity (Wildman–Crippen MR) is 86.5 cm³/mol. The quantitative estimate of drug-likeness (QED) is 0.583. The highest BCUT2D eigenvalue weighted by atomic mass is 32.1. The molecule has 2 N–H and O–H groups in total. The minimum Gasteiger partial charge on any atom is -0.457 e. The van der Waals surface area contributed by atoms with Crippen LogP contribution in [0.5, 0.6) is 0 Å². The molecule has 106 valence electrons. The first-order valence-corrected chi connectivity index (χ1v) is 7.51. The molecule has 0 unspecified atom stereocenters. The summed E-state index contributed by atoms with van der Waals surface area (Å²) in [6.45, 7) is 2.16. The van der Waals surface area contributed by atoms with Gasteiger partial charge in [-0.2, -0.15) is 0 Å². The first-order valence-electron chi connectivity index (χ1n) is 6.63. The first-order chi connectivity index (χ1) is 10.1. The van der Waals surface area contributed by atoms with Gasteiger partial charge in [0.1, 0.15) is 6.61 Å². The van der Waals surface area contributed by atoms with Crippen molar-refractivity contribution in [3.63, 3.8) is 0 Å². The van der Waals surface area contributed by atoms with Gasteiger partial charge in [0.15, 0.2) is 0 Å². The Kier molecular flexibility index (Phi) is 3.62. The average Bonchev–Trinajstić information content (AvgIpc) is 2.91. The highest BCUT2D eigenvalue weighted by Crippen LogP contribution is 2.26. The number of hydrogen-bond acceptors (Lipinski definition) is 4. The zero-order valence-corrected chi connectivity index (χ0v) is 12.4. The number of ether oxygens (including phenoxy) is 1. The molecule has 3 nitrogen and oxygen atoms in total. The fourth-order valence-electron chi connectivity index (χ4n) is 2.17. The van der Waals surface area contributed by atoms with Crippen LogP contribution in [0.25, 0.3) is 10.1 Å². The number of carbonyl (C=O) groups is 1. The van der Waals surface area contributed by atoms with Gasteiger partial charge in [0.2, 0.25) is 0 Å². The average molecular weight is 297 g/mol. The molecule has 1 aromatic heterocycles. The molecule has 0 fully saturated rings. The van der Waals surface area contributed by atoms with E-state index in [9.17, 15) is 4.79 Å². The van der Waals surface area contributed by atoms with E-state index >= 15 is 0 Å². The topological polar surface area (TPSA) is 52.3 Å². The van der Waals surface area contributed by atoms with E-state index in [2.05, 4.69) is 6.07 Å². The summed E-state index contributed by atoms with van der Waals surface area (Å²) in [5.74, 6) is -0.326. The molecule has 1 heterocycles. The molecule has 0 amide bonds. The Balaban J connectivity index is 1.75. The molecule has 3 rings (SSSR count). The van der Waals surface area contributed by atoms with Gasteiger partial charge in [-0.15, -0.1) is 11.3 Å². The standard InChI is InChI=1S/C17H15NO2S/c1-11-8-12(6-7-15(11)18)17(19)20-9-13-10-21-16-5-3-2-4-14(13)16/h2-8,10H,9,18H2,1H3. The van der Waals surface area contributed by atoms with Crippen LogP contribution in [0.2, 0.25) is 0 Å². The number of carbonyl (C=O) groups excluding carboxylic acids is 1. The van der Waals surface area contributed by atoms with Crippen LogP contribution in [0.4, 0.5) is 5.69 Å². The smallest absolute Gasteiger partial charge is 0.338 e. The van der Waals surface area contributed by atoms with Crippen LogP contribution in [0.15, 0.2) is 47.8 Å². The summed E-state index contributed by atoms with van der Waals surface area (Å²) in [4.78, 5) is 12.1. The molecule has 2 aromatic carbocycles. The van der Waals surface area contributed by atoms with E-state index in [-0.39, 0.29) is 12.6 Å². The fraction of sp³-hybridized carbons (Fsp3) is 0.118. The Morgan fingerprint density at radius 1 is 1.24 bits per heavy atom. The number of hydrogen-bond donors (Lipinski definition) is 1. The van der Waals surface area contributed by atoms with Crippen LogP contribution in [-0.2, 0) is 11.3 Å². The van der Waals surface area contributed by atoms with Crippen molar-refractivity contribution in [2.24, 2.45) is 0 Å². The number of rotatable bonds is 3. The van der Waals surface area contributed by atoms with Crippen LogP contribution in [0.1, 0.15) is 21.5 Å². The van der Waals surface area contributed by atoms with Crippen LogP contribution in [0.3, 0.4) is 0 Å². The third-order valence-electron chi connectivity index (χ3n) is 3.43. The number of benzene rings is 2. The molecule has 0 bridgehead atoms. The van der Waals surface area contributed by atoms with Crippen molar-refractivity contribution in [3.05, 3.63) is 64.5 Å². The third-order valence-corrected chi connectivity index (χ3v) is 4.44. The second-order valence-corrected chi connectivity index (χ2v) is 5.82. The van der Waals surface area contributed by atoms with Gasteiger partial charge in [-0.1, -0.05) is 18.2 Å². The minimum absolute atomic E-state index is 0.284. The highest BCUT2D eigenvalue weighted by Gasteiger charge is 2.10. The van der Waals surface area contributed by atoms with Crippen LogP contribution < -0.4 is 5.73 Å². The Labute approximate surface area is 127 Å². The van der Waals surface area contributed by atoms with Crippen molar-refractivity contribution in [2.45, 2.75) is 13.5 Å². The number of esters is 1. The maximum absolute atomic E-state index is 12.1. The van der Waals surface area contributed by atoms with Crippen molar-refractivity contribution in [1.29, 1.82) is 0 Å². The second-order valence-electron chi connectivity index (χ2n) is 4.90. The summed E-state index contributed by atoms with van der Waals surface area (Å²) in [5.41, 5.74) is 8.87. The Morgan fingerprint density at radius 3 is 2.86 bits per heavy atom. The van der Waals surface area contributed by atoms with E-state index in [1.807, 2.05) is 30.5 Å². The van der Waals surface area contributed by atoms with Gasteiger partial charge in [0.05, 0.1) is 5.56 Å². The lowest BCUT2D eigenvalue weighted by atomic mass is 10.1. The van der Waals surface area contributed by atoms with Crippen molar-refractivity contribution in [3.8, 4) is 0 Å². The number of thiophene rings is 1. The van der Waals surface area contributed by atoms with Crippen molar-refractivity contribution >= 4 is 33.1 Å². The van der Waals surface area contributed by atoms with E-state index in [1.54, 1.807) is 29.5 Å². The van der Waals surface area contributed by atoms with Crippen molar-refractivity contribution < 1.29 is 9.53 Å². The van der Waals surface area contributed by atoms with Gasteiger partial charge in [-0.3, -0.25) is 0 Å². The molecule has 3 aromatic rings. The molecule has 0 spiro atoms. The van der Waals surface area contributed by atoms with Crippen molar-refractivity contribution in [1.82, 2.24) is 0 Å². The molecule has 0 saturated carbocycles. The zero-order valence-electron chi connectivity index (χ0n) is 11.6. The molecule has 0 radical (unpaired) electrons. The Bertz CT molecular complexity index is 807. The molecule has 0 aliphatic carbocycles. The summed E-state index contributed by atoms with van der Waals surface area (Å²) < 4.78 is 6.60. The monoisotopic (exact) mass is 297 g/mol. The van der Waals surface area contributed by atoms with Crippen LogP contribution in [0, 0.1) is 6.92 Å². The van der Waals surface area contributed by atoms with E-state index < -0.39 is 0 Å². The first kappa shape index (κ1) is 13.6. The number of anilines is 1. The van der Waals surface area contributed by atoms with E-state index in [0.717, 1.165) is 16.5 Å². The molecule has 0 saturated heterocycles. The molecule has 4 heteroatoms. The van der Waals surface area contributed by atoms with E-state index in [1.165, 1.54) is 4.70 Å². The number of nitrogens with two attached hydrogens (primary N) is 1. The summed E-state index contributed by atoms with van der Waals surface area (Å²) in [5, 5.41) is 3.18. The molecule has 0 atom stereocenters. The highest BCUT2D eigenvalue weighted by molar-refractivity contribution is 7.17. The summed E-state index contributed by atoms with van der Waals surface area (Å²) in [6, 6.07) is 13.3.